The van der Waals surface area contributed by atoms with Gasteiger partial charge in [-0.1, -0.05) is 23.2 Å². The number of aliphatic carboxylic acids is 1. The van der Waals surface area contributed by atoms with Crippen molar-refractivity contribution < 1.29 is 24.2 Å². The van der Waals surface area contributed by atoms with Gasteiger partial charge in [0.15, 0.2) is 0 Å². The van der Waals surface area contributed by atoms with E-state index in [-0.39, 0.29) is 36.9 Å². The second-order valence-corrected chi connectivity index (χ2v) is 9.71. The van der Waals surface area contributed by atoms with Crippen molar-refractivity contribution in [1.29, 1.82) is 0 Å². The number of rotatable bonds is 8. The lowest BCUT2D eigenvalue weighted by Crippen LogP contribution is -2.34. The molecule has 0 aliphatic heterocycles. The van der Waals surface area contributed by atoms with Gasteiger partial charge >= 0.3 is 5.97 Å². The number of thiophene rings is 1. The molecule has 32 heavy (non-hydrogen) atoms. The summed E-state index contributed by atoms with van der Waals surface area (Å²) in [6, 6.07) is 6.77. The molecule has 0 unspecified atom stereocenters. The molecule has 1 fully saturated rings. The molecule has 0 radical (unpaired) electrons. The number of halogens is 2. The Balaban J connectivity index is 1.44. The second kappa shape index (κ2) is 11.0. The van der Waals surface area contributed by atoms with Gasteiger partial charge in [0.1, 0.15) is 10.1 Å². The summed E-state index contributed by atoms with van der Waals surface area (Å²) in [5.41, 5.74) is 1.29. The summed E-state index contributed by atoms with van der Waals surface area (Å²) in [7, 11) is 0. The summed E-state index contributed by atoms with van der Waals surface area (Å²) in [6.07, 6.45) is 2.62. The maximum atomic E-state index is 12.5. The number of nitrogens with one attached hydrogen (secondary N) is 2. The fourth-order valence-electron chi connectivity index (χ4n) is 3.58. The fourth-order valence-corrected chi connectivity index (χ4v) is 4.86. The van der Waals surface area contributed by atoms with Gasteiger partial charge in [-0.05, 0) is 62.4 Å². The maximum Gasteiger partial charge on any atom is 0.306 e. The minimum absolute atomic E-state index is 0.0126. The van der Waals surface area contributed by atoms with E-state index in [0.717, 1.165) is 16.9 Å². The van der Waals surface area contributed by atoms with Crippen LogP contribution in [0.2, 0.25) is 9.36 Å². The highest BCUT2D eigenvalue weighted by Crippen LogP contribution is 2.31. The standard InChI is InChI=1S/C22H24Cl2N2O5S/c1-12-10-15(31-14-4-2-13(3-5-14)22(29)30)6-7-16(12)20(27)25-8-9-26-21(28)18-11-17(23)19(24)32-18/h6-7,10-11,13-14H,2-5,8-9H2,1H3,(H,25,27)(H,26,28)(H,29,30)/t13-,14+. The molecule has 0 bridgehead atoms. The van der Waals surface area contributed by atoms with Gasteiger partial charge in [0.25, 0.3) is 11.8 Å². The Morgan fingerprint density at radius 3 is 2.28 bits per heavy atom. The van der Waals surface area contributed by atoms with E-state index in [1.165, 1.54) is 6.07 Å². The summed E-state index contributed by atoms with van der Waals surface area (Å²) >= 11 is 12.8. The molecule has 0 atom stereocenters. The van der Waals surface area contributed by atoms with Gasteiger partial charge < -0.3 is 20.5 Å². The van der Waals surface area contributed by atoms with Crippen molar-refractivity contribution in [3.63, 3.8) is 0 Å². The molecule has 1 saturated carbocycles. The summed E-state index contributed by atoms with van der Waals surface area (Å²) in [5, 5.41) is 14.9. The van der Waals surface area contributed by atoms with Crippen LogP contribution in [0.5, 0.6) is 5.75 Å². The zero-order valence-corrected chi connectivity index (χ0v) is 19.8. The van der Waals surface area contributed by atoms with Gasteiger partial charge in [0.2, 0.25) is 0 Å². The number of ether oxygens (including phenoxy) is 1. The topological polar surface area (TPSA) is 105 Å². The zero-order valence-electron chi connectivity index (χ0n) is 17.5. The molecule has 1 aliphatic rings. The van der Waals surface area contributed by atoms with Crippen LogP contribution in [0.15, 0.2) is 24.3 Å². The number of carboxylic acid groups (broad SMARTS) is 1. The van der Waals surface area contributed by atoms with Gasteiger partial charge in [-0.15, -0.1) is 11.3 Å². The number of carbonyl (C=O) groups is 3. The normalized spacial score (nSPS) is 18.1. The molecule has 3 N–H and O–H groups in total. The summed E-state index contributed by atoms with van der Waals surface area (Å²) < 4.78 is 6.35. The highest BCUT2D eigenvalue weighted by atomic mass is 35.5. The van der Waals surface area contributed by atoms with Crippen molar-refractivity contribution >= 4 is 52.3 Å². The van der Waals surface area contributed by atoms with Crippen LogP contribution >= 0.6 is 34.5 Å². The second-order valence-electron chi connectivity index (χ2n) is 7.65. The van der Waals surface area contributed by atoms with Crippen LogP contribution in [0.4, 0.5) is 0 Å². The highest BCUT2D eigenvalue weighted by molar-refractivity contribution is 7.18. The number of benzene rings is 1. The fraction of sp³-hybridized carbons (Fsp3) is 0.409. The first-order chi connectivity index (χ1) is 15.2. The molecule has 172 valence electrons. The van der Waals surface area contributed by atoms with Gasteiger partial charge in [0, 0.05) is 18.7 Å². The van der Waals surface area contributed by atoms with Crippen LogP contribution in [-0.4, -0.2) is 42.1 Å². The Labute approximate surface area is 200 Å². The van der Waals surface area contributed by atoms with Crippen molar-refractivity contribution in [3.05, 3.63) is 49.6 Å². The molecule has 10 heteroatoms. The minimum atomic E-state index is -0.741. The van der Waals surface area contributed by atoms with Crippen LogP contribution < -0.4 is 15.4 Å². The Morgan fingerprint density at radius 1 is 1.06 bits per heavy atom. The summed E-state index contributed by atoms with van der Waals surface area (Å²) in [6.45, 7) is 2.36. The van der Waals surface area contributed by atoms with Crippen LogP contribution in [-0.2, 0) is 4.79 Å². The van der Waals surface area contributed by atoms with E-state index >= 15 is 0 Å². The average molecular weight is 499 g/mol. The first-order valence-corrected chi connectivity index (χ1v) is 11.8. The lowest BCUT2D eigenvalue weighted by Gasteiger charge is -2.27. The number of hydrogen-bond donors (Lipinski definition) is 3. The van der Waals surface area contributed by atoms with E-state index in [0.29, 0.717) is 51.2 Å². The first kappa shape index (κ1) is 24.4. The number of aryl methyl sites for hydroxylation is 1. The van der Waals surface area contributed by atoms with Crippen molar-refractivity contribution in [2.75, 3.05) is 13.1 Å². The molecule has 0 spiro atoms. The lowest BCUT2D eigenvalue weighted by atomic mass is 9.87. The van der Waals surface area contributed by atoms with Gasteiger partial charge in [-0.2, -0.15) is 0 Å². The molecule has 1 aromatic carbocycles. The quantitative estimate of drug-likeness (QED) is 0.463. The SMILES string of the molecule is Cc1cc(O[C@H]2CC[C@@H](C(=O)O)CC2)ccc1C(=O)NCCNC(=O)c1cc(Cl)c(Cl)s1. The molecule has 1 heterocycles. The number of carboxylic acids is 1. The number of amides is 2. The molecular weight excluding hydrogens is 475 g/mol. The minimum Gasteiger partial charge on any atom is -0.490 e. The molecule has 2 amide bonds. The Kier molecular flexibility index (Phi) is 8.39. The monoisotopic (exact) mass is 498 g/mol. The van der Waals surface area contributed by atoms with E-state index in [9.17, 15) is 14.4 Å². The first-order valence-electron chi connectivity index (χ1n) is 10.3. The third-order valence-electron chi connectivity index (χ3n) is 5.33. The van der Waals surface area contributed by atoms with Crippen molar-refractivity contribution in [3.8, 4) is 5.75 Å². The van der Waals surface area contributed by atoms with Gasteiger partial charge in [0.05, 0.1) is 21.9 Å². The molecule has 7 nitrogen and oxygen atoms in total. The zero-order chi connectivity index (χ0) is 23.3. The third kappa shape index (κ3) is 6.37. The van der Waals surface area contributed by atoms with Crippen molar-refractivity contribution in [1.82, 2.24) is 10.6 Å². The molecule has 1 aliphatic carbocycles. The van der Waals surface area contributed by atoms with Crippen LogP contribution in [0.1, 0.15) is 51.3 Å². The Morgan fingerprint density at radius 2 is 1.72 bits per heavy atom. The van der Waals surface area contributed by atoms with Crippen LogP contribution in [0.25, 0.3) is 0 Å². The molecule has 0 saturated heterocycles. The molecule has 2 aromatic rings. The molecule has 1 aromatic heterocycles. The van der Waals surface area contributed by atoms with E-state index in [1.807, 2.05) is 13.0 Å². The molecular formula is C22H24Cl2N2O5S. The Hall–Kier alpha value is -2.29. The smallest absolute Gasteiger partial charge is 0.306 e. The predicted molar refractivity (Wildman–Crippen MR) is 124 cm³/mol. The van der Waals surface area contributed by atoms with E-state index < -0.39 is 5.97 Å². The number of carbonyl (C=O) groups excluding carboxylic acids is 2. The largest absolute Gasteiger partial charge is 0.490 e. The van der Waals surface area contributed by atoms with Crippen LogP contribution in [0, 0.1) is 12.8 Å². The molecule has 3 rings (SSSR count). The number of hydrogen-bond acceptors (Lipinski definition) is 5. The van der Waals surface area contributed by atoms with Crippen molar-refractivity contribution in [2.45, 2.75) is 38.7 Å². The lowest BCUT2D eigenvalue weighted by molar-refractivity contribution is -0.143. The predicted octanol–water partition coefficient (Wildman–Crippen LogP) is 4.55. The Bertz CT molecular complexity index is 983. The average Bonchev–Trinajstić information content (AvgIpc) is 3.10. The van der Waals surface area contributed by atoms with E-state index in [1.54, 1.807) is 12.1 Å². The van der Waals surface area contributed by atoms with Crippen molar-refractivity contribution in [2.24, 2.45) is 5.92 Å². The van der Waals surface area contributed by atoms with Gasteiger partial charge in [-0.25, -0.2) is 0 Å². The maximum absolute atomic E-state index is 12.5. The summed E-state index contributed by atoms with van der Waals surface area (Å²) in [5.74, 6) is -0.901. The third-order valence-corrected chi connectivity index (χ3v) is 7.20. The van der Waals surface area contributed by atoms with Gasteiger partial charge in [-0.3, -0.25) is 14.4 Å². The van der Waals surface area contributed by atoms with E-state index in [2.05, 4.69) is 10.6 Å². The van der Waals surface area contributed by atoms with E-state index in [4.69, 9.17) is 33.0 Å². The van der Waals surface area contributed by atoms with Crippen LogP contribution in [0.3, 0.4) is 0 Å². The highest BCUT2D eigenvalue weighted by Gasteiger charge is 2.27. The summed E-state index contributed by atoms with van der Waals surface area (Å²) in [4.78, 5) is 36.0.